The van der Waals surface area contributed by atoms with Crippen molar-refractivity contribution < 1.29 is 33.2 Å². The van der Waals surface area contributed by atoms with E-state index in [4.69, 9.17) is 28.1 Å². The van der Waals surface area contributed by atoms with Crippen molar-refractivity contribution in [2.45, 2.75) is 141 Å². The van der Waals surface area contributed by atoms with E-state index in [-0.39, 0.29) is 11.1 Å². The van der Waals surface area contributed by atoms with E-state index in [1.165, 1.54) is 0 Å². The Morgan fingerprint density at radius 2 is 1.48 bits per heavy atom. The summed E-state index contributed by atoms with van der Waals surface area (Å²) in [5.41, 5.74) is 0. The Morgan fingerprint density at radius 3 is 1.97 bits per heavy atom. The molecular weight excluding hydrogens is 416 g/mol. The highest BCUT2D eigenvalue weighted by atomic mass is 28.4. The van der Waals surface area contributed by atoms with Gasteiger partial charge >= 0.3 is 0 Å². The van der Waals surface area contributed by atoms with E-state index in [9.17, 15) is 5.11 Å². The molecule has 3 heterocycles. The highest BCUT2D eigenvalue weighted by Gasteiger charge is 2.61. The molecule has 3 aliphatic heterocycles. The van der Waals surface area contributed by atoms with Gasteiger partial charge in [0.15, 0.2) is 26.2 Å². The van der Waals surface area contributed by atoms with Crippen LogP contribution in [0.25, 0.3) is 0 Å². The van der Waals surface area contributed by atoms with E-state index in [0.29, 0.717) is 19.4 Å². The van der Waals surface area contributed by atoms with Crippen LogP contribution in [0.4, 0.5) is 0 Å². The molecule has 0 spiro atoms. The fourth-order valence-corrected chi connectivity index (χ4v) is 5.85. The molecule has 31 heavy (non-hydrogen) atoms. The third-order valence-electron chi connectivity index (χ3n) is 7.89. The van der Waals surface area contributed by atoms with Crippen molar-refractivity contribution in [2.24, 2.45) is 0 Å². The molecule has 182 valence electrons. The van der Waals surface area contributed by atoms with Crippen molar-refractivity contribution >= 4 is 8.32 Å². The number of hydrogen-bond donors (Lipinski definition) is 1. The molecule has 0 amide bonds. The average Bonchev–Trinajstić information content (AvgIpc) is 3.39. The summed E-state index contributed by atoms with van der Waals surface area (Å²) in [5, 5.41) is 10.7. The second-order valence-corrected chi connectivity index (χ2v) is 15.5. The Bertz CT molecular complexity index is 612. The van der Waals surface area contributed by atoms with E-state index >= 15 is 0 Å². The summed E-state index contributed by atoms with van der Waals surface area (Å²) in [6.07, 6.45) is -0.250. The fourth-order valence-electron chi connectivity index (χ4n) is 4.53. The summed E-state index contributed by atoms with van der Waals surface area (Å²) in [6.45, 7) is 19.8. The van der Waals surface area contributed by atoms with Gasteiger partial charge in [-0.15, -0.1) is 0 Å². The van der Waals surface area contributed by atoms with E-state index < -0.39 is 50.6 Å². The lowest BCUT2D eigenvalue weighted by Gasteiger charge is -2.43. The maximum absolute atomic E-state index is 10.7. The van der Waals surface area contributed by atoms with Crippen LogP contribution in [-0.2, 0) is 28.1 Å². The number of aliphatic hydroxyl groups is 1. The predicted molar refractivity (Wildman–Crippen MR) is 120 cm³/mol. The maximum atomic E-state index is 10.7. The average molecular weight is 461 g/mol. The van der Waals surface area contributed by atoms with E-state index in [2.05, 4.69) is 47.7 Å². The van der Waals surface area contributed by atoms with E-state index in [1.807, 2.05) is 13.8 Å². The molecule has 3 aliphatic rings. The van der Waals surface area contributed by atoms with E-state index in [1.54, 1.807) is 0 Å². The monoisotopic (exact) mass is 460 g/mol. The van der Waals surface area contributed by atoms with Crippen LogP contribution >= 0.6 is 0 Å². The zero-order valence-electron chi connectivity index (χ0n) is 20.9. The quantitative estimate of drug-likeness (QED) is 0.540. The fraction of sp³-hybridized carbons (Fsp3) is 1.00. The van der Waals surface area contributed by atoms with Crippen molar-refractivity contribution in [1.82, 2.24) is 0 Å². The first-order valence-electron chi connectivity index (χ1n) is 12.0. The van der Waals surface area contributed by atoms with Crippen molar-refractivity contribution in [2.75, 3.05) is 6.61 Å². The molecule has 1 N–H and O–H groups in total. The van der Waals surface area contributed by atoms with Gasteiger partial charge < -0.3 is 33.2 Å². The highest BCUT2D eigenvalue weighted by Crippen LogP contribution is 2.46. The molecule has 0 bridgehead atoms. The smallest absolute Gasteiger partial charge is 0.192 e. The van der Waals surface area contributed by atoms with Crippen molar-refractivity contribution in [3.63, 3.8) is 0 Å². The summed E-state index contributed by atoms with van der Waals surface area (Å²) in [4.78, 5) is 0. The largest absolute Gasteiger partial charge is 0.408 e. The van der Waals surface area contributed by atoms with Crippen LogP contribution in [0.2, 0.25) is 18.1 Å². The van der Waals surface area contributed by atoms with Crippen LogP contribution in [0.3, 0.4) is 0 Å². The molecule has 0 aromatic rings. The minimum Gasteiger partial charge on any atom is -0.408 e. The number of ether oxygens (including phenoxy) is 5. The lowest BCUT2D eigenvalue weighted by molar-refractivity contribution is -0.252. The number of rotatable bonds is 8. The van der Waals surface area contributed by atoms with Crippen LogP contribution in [0, 0.1) is 0 Å². The molecule has 0 radical (unpaired) electrons. The standard InChI is InChI=1S/C23H44O7Si/c1-10-22(11-2)25-14-15(27-22)16(30-31(8,9)21(5,6)7)17-18-19(20(24)26-17)29-23(12-3,13-4)28-18/h15-20,24H,10-14H2,1-9H3/t15-,16+,17+,18-,19-,20+/m1/s1. The van der Waals surface area contributed by atoms with Crippen molar-refractivity contribution in [3.8, 4) is 0 Å². The first kappa shape index (κ1) is 25.6. The van der Waals surface area contributed by atoms with Crippen LogP contribution in [-0.4, -0.2) is 68.4 Å². The summed E-state index contributed by atoms with van der Waals surface area (Å²) in [6, 6.07) is 0. The Labute approximate surface area is 189 Å². The molecule has 3 rings (SSSR count). The lowest BCUT2D eigenvalue weighted by atomic mass is 10.0. The lowest BCUT2D eigenvalue weighted by Crippen LogP contribution is -2.55. The van der Waals surface area contributed by atoms with Gasteiger partial charge in [-0.1, -0.05) is 48.5 Å². The molecule has 0 aliphatic carbocycles. The third-order valence-corrected chi connectivity index (χ3v) is 12.4. The Balaban J connectivity index is 1.91. The minimum absolute atomic E-state index is 0.0115. The van der Waals surface area contributed by atoms with Crippen LogP contribution < -0.4 is 0 Å². The molecule has 0 aromatic heterocycles. The molecule has 0 unspecified atom stereocenters. The van der Waals surface area contributed by atoms with Gasteiger partial charge in [0.1, 0.15) is 30.5 Å². The van der Waals surface area contributed by atoms with Gasteiger partial charge in [-0.3, -0.25) is 0 Å². The van der Waals surface area contributed by atoms with Crippen molar-refractivity contribution in [3.05, 3.63) is 0 Å². The molecule has 0 aromatic carbocycles. The third kappa shape index (κ3) is 4.64. The van der Waals surface area contributed by atoms with Gasteiger partial charge in [0.25, 0.3) is 0 Å². The van der Waals surface area contributed by atoms with Crippen LogP contribution in [0.1, 0.15) is 74.1 Å². The maximum Gasteiger partial charge on any atom is 0.192 e. The van der Waals surface area contributed by atoms with Gasteiger partial charge in [-0.25, -0.2) is 0 Å². The zero-order valence-corrected chi connectivity index (χ0v) is 21.9. The molecule has 0 saturated carbocycles. The summed E-state index contributed by atoms with van der Waals surface area (Å²) < 4.78 is 38.2. The van der Waals surface area contributed by atoms with Crippen LogP contribution in [0.5, 0.6) is 0 Å². The molecular formula is C23H44O7Si. The SMILES string of the molecule is CCC1(CC)O[C@@H]2[C@H]([C@@H](O[Si](C)(C)C(C)(C)C)[C@H]3COC(CC)(CC)O3)O[C@H](O)[C@@H]2O1. The van der Waals surface area contributed by atoms with Crippen molar-refractivity contribution in [1.29, 1.82) is 0 Å². The van der Waals surface area contributed by atoms with Crippen LogP contribution in [0.15, 0.2) is 0 Å². The molecule has 6 atom stereocenters. The molecule has 3 fully saturated rings. The van der Waals surface area contributed by atoms with Gasteiger partial charge in [0, 0.05) is 0 Å². The summed E-state index contributed by atoms with van der Waals surface area (Å²) >= 11 is 0. The second kappa shape index (κ2) is 8.95. The topological polar surface area (TPSA) is 75.6 Å². The Hall–Kier alpha value is -0.0631. The second-order valence-electron chi connectivity index (χ2n) is 10.7. The highest BCUT2D eigenvalue weighted by molar-refractivity contribution is 6.74. The number of hydrogen-bond acceptors (Lipinski definition) is 7. The first-order valence-corrected chi connectivity index (χ1v) is 15.0. The van der Waals surface area contributed by atoms with Gasteiger partial charge in [-0.2, -0.15) is 0 Å². The Kier molecular flexibility index (Phi) is 7.37. The van der Waals surface area contributed by atoms with Gasteiger partial charge in [0.2, 0.25) is 0 Å². The number of aliphatic hydroxyl groups excluding tert-OH is 1. The minimum atomic E-state index is -2.18. The normalized spacial score (nSPS) is 36.0. The zero-order chi connectivity index (χ0) is 23.2. The van der Waals surface area contributed by atoms with E-state index in [0.717, 1.165) is 12.8 Å². The summed E-state index contributed by atoms with van der Waals surface area (Å²) in [5.74, 6) is -1.29. The first-order chi connectivity index (χ1) is 14.4. The molecule has 3 saturated heterocycles. The van der Waals surface area contributed by atoms with Gasteiger partial charge in [-0.05, 0) is 43.8 Å². The number of fused-ring (bicyclic) bond motifs is 1. The molecule has 7 nitrogen and oxygen atoms in total. The summed E-state index contributed by atoms with van der Waals surface area (Å²) in [7, 11) is -2.18. The Morgan fingerprint density at radius 1 is 0.935 bits per heavy atom. The predicted octanol–water partition coefficient (Wildman–Crippen LogP) is 4.33. The molecule has 8 heteroatoms. The van der Waals surface area contributed by atoms with Gasteiger partial charge in [0.05, 0.1) is 6.61 Å².